The van der Waals surface area contributed by atoms with Crippen LogP contribution in [0.2, 0.25) is 0 Å². The molecule has 1 N–H and O–H groups in total. The Morgan fingerprint density at radius 1 is 0.728 bits per heavy atom. The van der Waals surface area contributed by atoms with Gasteiger partial charge in [-0.25, -0.2) is 0 Å². The van der Waals surface area contributed by atoms with Gasteiger partial charge in [-0.05, 0) is 161 Å². The summed E-state index contributed by atoms with van der Waals surface area (Å²) >= 11 is -0.0296. The molecule has 3 unspecified atom stereocenters. The summed E-state index contributed by atoms with van der Waals surface area (Å²) < 4.78 is 2.73. The van der Waals surface area contributed by atoms with Crippen LogP contribution in [-0.2, 0) is 23.7 Å². The fraction of sp³-hybridized carbons (Fsp3) is 0.570. The molecule has 2 saturated carbocycles. The Balaban J connectivity index is 0.937. The first-order valence-electron chi connectivity index (χ1n) is 32.9. The molecule has 2 aliphatic carbocycles. The second-order valence-corrected chi connectivity index (χ2v) is 29.3. The van der Waals surface area contributed by atoms with Crippen molar-refractivity contribution in [2.75, 3.05) is 7.05 Å². The molecule has 81 heavy (non-hydrogen) atoms. The maximum Gasteiger partial charge on any atom is -0.0126 e. The number of unbranched alkanes of at least 4 members (excludes halogenated alkanes) is 11. The monoisotopic (exact) mass is 1210 g/mol. The Bertz CT molecular complexity index is 2530. The minimum absolute atomic E-state index is 0.0296. The largest absolute Gasteiger partial charge is 0.317 e. The fourth-order valence-corrected chi connectivity index (χ4v) is 16.3. The summed E-state index contributed by atoms with van der Waals surface area (Å²) in [6, 6.07) is 21.8. The normalized spacial score (nSPS) is 18.4. The quantitative estimate of drug-likeness (QED) is 0.0197. The van der Waals surface area contributed by atoms with E-state index in [1.165, 1.54) is 229 Å². The predicted molar refractivity (Wildman–Crippen MR) is 358 cm³/mol. The first-order valence-corrected chi connectivity index (χ1v) is 35.5. The summed E-state index contributed by atoms with van der Waals surface area (Å²) in [4.78, 5) is 0. The van der Waals surface area contributed by atoms with Crippen molar-refractivity contribution in [2.45, 2.75) is 264 Å². The van der Waals surface area contributed by atoms with Crippen LogP contribution in [-0.4, -0.2) is 13.1 Å². The maximum absolute atomic E-state index is 4.74. The van der Waals surface area contributed by atoms with Crippen molar-refractivity contribution in [2.24, 2.45) is 17.3 Å². The van der Waals surface area contributed by atoms with E-state index in [9.17, 15) is 0 Å². The number of aryl methyl sites for hydroxylation is 5. The zero-order valence-corrected chi connectivity index (χ0v) is 55.6. The Labute approximate surface area is 510 Å². The molecule has 0 radical (unpaired) electrons. The van der Waals surface area contributed by atoms with E-state index in [1.807, 2.05) is 0 Å². The second kappa shape index (κ2) is 36.9. The molecule has 2 heteroatoms. The first kappa shape index (κ1) is 68.1. The van der Waals surface area contributed by atoms with Crippen molar-refractivity contribution in [3.63, 3.8) is 0 Å². The van der Waals surface area contributed by atoms with Gasteiger partial charge in [-0.15, -0.1) is 6.58 Å². The van der Waals surface area contributed by atoms with Gasteiger partial charge in [-0.3, -0.25) is 0 Å². The first-order chi connectivity index (χ1) is 39.0. The van der Waals surface area contributed by atoms with E-state index in [-0.39, 0.29) is 21.2 Å². The number of allylic oxidation sites excluding steroid dienone is 9. The topological polar surface area (TPSA) is 12.0 Å². The van der Waals surface area contributed by atoms with Gasteiger partial charge in [-0.1, -0.05) is 106 Å². The van der Waals surface area contributed by atoms with Crippen LogP contribution >= 0.6 is 0 Å². The van der Waals surface area contributed by atoms with E-state index in [1.54, 1.807) is 11.1 Å². The van der Waals surface area contributed by atoms with E-state index < -0.39 is 0 Å². The molecule has 0 bridgehead atoms. The smallest absolute Gasteiger partial charge is 0.0126 e. The molecule has 1 nitrogen and oxygen atoms in total. The number of halogens is 1. The summed E-state index contributed by atoms with van der Waals surface area (Å²) in [6.45, 7) is 43.0. The van der Waals surface area contributed by atoms with Crippen LogP contribution in [0.25, 0.3) is 11.1 Å². The predicted octanol–water partition coefficient (Wildman–Crippen LogP) is 20.6. The number of rotatable bonds is 39. The molecule has 0 aliphatic heterocycles. The van der Waals surface area contributed by atoms with E-state index in [2.05, 4.69) is 167 Å². The zero-order chi connectivity index (χ0) is 58.6. The molecule has 1 spiro atoms. The van der Waals surface area contributed by atoms with E-state index in [0.29, 0.717) is 23.3 Å². The Hall–Kier alpha value is -3.73. The fourth-order valence-electron chi connectivity index (χ4n) is 14.0. The van der Waals surface area contributed by atoms with Crippen molar-refractivity contribution in [3.05, 3.63) is 188 Å². The van der Waals surface area contributed by atoms with E-state index in [4.69, 9.17) is 6.58 Å². The van der Waals surface area contributed by atoms with Gasteiger partial charge in [0.15, 0.2) is 0 Å². The van der Waals surface area contributed by atoms with Crippen molar-refractivity contribution in [1.82, 2.24) is 5.32 Å². The van der Waals surface area contributed by atoms with Gasteiger partial charge < -0.3 is 5.32 Å². The van der Waals surface area contributed by atoms with Gasteiger partial charge in [0.1, 0.15) is 0 Å². The summed E-state index contributed by atoms with van der Waals surface area (Å²) in [5.74, 6) is 2.05. The summed E-state index contributed by atoms with van der Waals surface area (Å²) in [5.41, 5.74) is 21.5. The molecule has 2 aliphatic rings. The molecule has 446 valence electrons. The minimum Gasteiger partial charge on any atom is -0.317 e. The van der Waals surface area contributed by atoms with Gasteiger partial charge in [0.2, 0.25) is 0 Å². The molecular formula is C79H117IN-. The Morgan fingerprint density at radius 2 is 1.38 bits per heavy atom. The SMILES string of the molecule is C=C(C)CCC(CC(=C)c1cccc(CCCCCCCCCCCCCC(=C)[I-]Cc2cccc(CCC(/C=C\C)=C/C(=C)C3CCC4(CC3)CC(=C)CC(c3cc(C)c(CCCCC(C)CCC)cc3C)C4)c2)c1C(=C)C)NC. The second-order valence-electron chi connectivity index (χ2n) is 26.3. The van der Waals surface area contributed by atoms with Crippen molar-refractivity contribution in [3.8, 4) is 0 Å². The molecule has 3 aromatic carbocycles. The number of benzene rings is 3. The summed E-state index contributed by atoms with van der Waals surface area (Å²) in [7, 11) is 2.07. The summed E-state index contributed by atoms with van der Waals surface area (Å²) in [6.07, 6.45) is 46.2. The van der Waals surface area contributed by atoms with Crippen LogP contribution in [0.1, 0.15) is 270 Å². The van der Waals surface area contributed by atoms with Crippen LogP contribution in [0.5, 0.6) is 0 Å². The molecule has 5 rings (SSSR count). The van der Waals surface area contributed by atoms with Crippen LogP contribution in [0.4, 0.5) is 0 Å². The average molecular weight is 1210 g/mol. The molecule has 0 saturated heterocycles. The van der Waals surface area contributed by atoms with E-state index in [0.717, 1.165) is 56.4 Å². The zero-order valence-electron chi connectivity index (χ0n) is 53.5. The van der Waals surface area contributed by atoms with Gasteiger partial charge in [0.25, 0.3) is 0 Å². The Kier molecular flexibility index (Phi) is 31.0. The van der Waals surface area contributed by atoms with Gasteiger partial charge in [-0.2, -0.15) is 0 Å². The molecule has 3 atom stereocenters. The van der Waals surface area contributed by atoms with Crippen molar-refractivity contribution < 1.29 is 21.2 Å². The molecule has 0 heterocycles. The third-order valence-electron chi connectivity index (χ3n) is 18.8. The van der Waals surface area contributed by atoms with E-state index >= 15 is 0 Å². The number of nitrogens with one attached hydrogen (secondary N) is 1. The molecular weight excluding hydrogens is 1090 g/mol. The average Bonchev–Trinajstić information content (AvgIpc) is 3.52. The van der Waals surface area contributed by atoms with Gasteiger partial charge in [0, 0.05) is 6.04 Å². The third kappa shape index (κ3) is 24.0. The molecule has 2 fully saturated rings. The molecule has 0 aromatic heterocycles. The molecule has 0 amide bonds. The number of hydrogen-bond donors (Lipinski definition) is 1. The summed E-state index contributed by atoms with van der Waals surface area (Å²) in [5, 5.41) is 3.51. The number of alkyl halides is 1. The minimum atomic E-state index is -0.0296. The van der Waals surface area contributed by atoms with Crippen LogP contribution in [0.15, 0.2) is 138 Å². The van der Waals surface area contributed by atoms with Gasteiger partial charge in [0.05, 0.1) is 0 Å². The van der Waals surface area contributed by atoms with Crippen LogP contribution in [0, 0.1) is 31.1 Å². The molecule has 3 aromatic rings. The maximum atomic E-state index is 4.74. The van der Waals surface area contributed by atoms with Crippen LogP contribution < -0.4 is 26.5 Å². The standard InChI is InChI=1S/C79H117IN/c1-15-32-61(7)34-28-29-39-73-52-65(11)77(54-64(73)10)74-50-62(8)56-79(57-74)48-46-71(47-49-79)63(9)51-68(33-16-2)43-44-69-36-30-37-70(55-69)58-80-67(13)35-26-24-22-20-18-17-19-21-23-25-27-38-72-40-31-41-76(78(72)60(5)6)66(12)53-75(81-14)45-42-59(3)4/h16,30-31,33,36-37,40-41,51-52,54-55,61,71,74-75,81H,3,5,8-9,12-13,15,17-29,32,34-35,38-39,42-50,53,56-58H2,1-2,4,6-7,10-11,14H3/q-1/b33-16-,68-51+. The van der Waals surface area contributed by atoms with Crippen molar-refractivity contribution in [1.29, 1.82) is 0 Å². The van der Waals surface area contributed by atoms with Crippen LogP contribution in [0.3, 0.4) is 0 Å². The van der Waals surface area contributed by atoms with Crippen molar-refractivity contribution >= 4 is 11.1 Å². The number of hydrogen-bond acceptors (Lipinski definition) is 1. The Morgan fingerprint density at radius 3 is 2.05 bits per heavy atom. The third-order valence-corrected chi connectivity index (χ3v) is 21.7. The van der Waals surface area contributed by atoms with Gasteiger partial charge >= 0.3 is 229 Å².